The summed E-state index contributed by atoms with van der Waals surface area (Å²) in [6, 6.07) is 0. The van der Waals surface area contributed by atoms with Crippen LogP contribution in [0.5, 0.6) is 0 Å². The minimum atomic E-state index is -0.232. The first-order chi connectivity index (χ1) is 7.41. The van der Waals surface area contributed by atoms with Crippen LogP contribution in [0.3, 0.4) is 0 Å². The van der Waals surface area contributed by atoms with Crippen molar-refractivity contribution in [1.82, 2.24) is 0 Å². The molecule has 0 amide bonds. The highest BCUT2D eigenvalue weighted by Crippen LogP contribution is 2.35. The molecule has 0 aromatic heterocycles. The van der Waals surface area contributed by atoms with Gasteiger partial charge in [-0.15, -0.1) is 0 Å². The van der Waals surface area contributed by atoms with Gasteiger partial charge in [0.1, 0.15) is 6.10 Å². The lowest BCUT2D eigenvalue weighted by atomic mass is 9.75. The quantitative estimate of drug-likeness (QED) is 0.541. The van der Waals surface area contributed by atoms with Crippen LogP contribution < -0.4 is 0 Å². The third kappa shape index (κ3) is 3.36. The molecule has 2 nitrogen and oxygen atoms in total. The van der Waals surface area contributed by atoms with Gasteiger partial charge < -0.3 is 4.74 Å². The lowest BCUT2D eigenvalue weighted by molar-refractivity contribution is -0.150. The maximum atomic E-state index is 11.6. The molecule has 1 saturated carbocycles. The van der Waals surface area contributed by atoms with Gasteiger partial charge in [-0.1, -0.05) is 33.8 Å². The van der Waals surface area contributed by atoms with E-state index < -0.39 is 0 Å². The highest BCUT2D eigenvalue weighted by Gasteiger charge is 2.33. The van der Waals surface area contributed by atoms with Crippen LogP contribution >= 0.6 is 0 Å². The van der Waals surface area contributed by atoms with Crippen molar-refractivity contribution < 1.29 is 9.53 Å². The van der Waals surface area contributed by atoms with Crippen molar-refractivity contribution >= 4 is 5.97 Å². The lowest BCUT2D eigenvalue weighted by Gasteiger charge is -2.36. The first-order valence-corrected chi connectivity index (χ1v) is 6.28. The summed E-state index contributed by atoms with van der Waals surface area (Å²) in [4.78, 5) is 11.6. The molecule has 0 saturated heterocycles. The second-order valence-corrected chi connectivity index (χ2v) is 5.55. The fraction of sp³-hybridized carbons (Fsp3) is 0.786. The zero-order valence-corrected chi connectivity index (χ0v) is 11.0. The summed E-state index contributed by atoms with van der Waals surface area (Å²) in [6.45, 7) is 12.0. The smallest absolute Gasteiger partial charge is 0.333 e. The van der Waals surface area contributed by atoms with Crippen molar-refractivity contribution in [3.8, 4) is 0 Å². The molecule has 0 aromatic rings. The van der Waals surface area contributed by atoms with Gasteiger partial charge in [-0.05, 0) is 37.5 Å². The van der Waals surface area contributed by atoms with Crippen molar-refractivity contribution in [2.45, 2.75) is 53.1 Å². The second-order valence-electron chi connectivity index (χ2n) is 5.55. The average molecular weight is 224 g/mol. The maximum Gasteiger partial charge on any atom is 0.333 e. The van der Waals surface area contributed by atoms with Crippen molar-refractivity contribution in [2.24, 2.45) is 17.8 Å². The molecule has 2 heteroatoms. The largest absolute Gasteiger partial charge is 0.459 e. The first kappa shape index (κ1) is 13.3. The number of carbonyl (C=O) groups excluding carboxylic acids is 1. The normalized spacial score (nSPS) is 30.2. The summed E-state index contributed by atoms with van der Waals surface area (Å²) >= 11 is 0. The molecule has 16 heavy (non-hydrogen) atoms. The molecular formula is C14H24O2. The van der Waals surface area contributed by atoms with E-state index in [1.54, 1.807) is 6.92 Å². The Hall–Kier alpha value is -0.790. The van der Waals surface area contributed by atoms with Crippen LogP contribution in [0.4, 0.5) is 0 Å². The molecule has 0 spiro atoms. The molecule has 3 unspecified atom stereocenters. The van der Waals surface area contributed by atoms with Gasteiger partial charge in [-0.3, -0.25) is 0 Å². The molecule has 1 fully saturated rings. The third-order valence-corrected chi connectivity index (χ3v) is 3.57. The Balaban J connectivity index is 2.64. The van der Waals surface area contributed by atoms with Gasteiger partial charge in [0.2, 0.25) is 0 Å². The average Bonchev–Trinajstić information content (AvgIpc) is 2.16. The monoisotopic (exact) mass is 224 g/mol. The number of ether oxygens (including phenoxy) is 1. The minimum absolute atomic E-state index is 0.0907. The molecule has 1 aliphatic carbocycles. The van der Waals surface area contributed by atoms with E-state index in [1.807, 2.05) is 0 Å². The Morgan fingerprint density at radius 1 is 1.38 bits per heavy atom. The van der Waals surface area contributed by atoms with E-state index in [-0.39, 0.29) is 12.1 Å². The molecule has 0 bridgehead atoms. The van der Waals surface area contributed by atoms with Gasteiger partial charge in [0.25, 0.3) is 0 Å². The molecule has 92 valence electrons. The summed E-state index contributed by atoms with van der Waals surface area (Å²) < 4.78 is 5.56. The van der Waals surface area contributed by atoms with Crippen molar-refractivity contribution in [1.29, 1.82) is 0 Å². The predicted octanol–water partition coefficient (Wildman–Crippen LogP) is 3.57. The Bertz CT molecular complexity index is 268. The Morgan fingerprint density at radius 3 is 2.50 bits per heavy atom. The van der Waals surface area contributed by atoms with Gasteiger partial charge >= 0.3 is 5.97 Å². The van der Waals surface area contributed by atoms with E-state index in [2.05, 4.69) is 27.4 Å². The van der Waals surface area contributed by atoms with Crippen LogP contribution in [0, 0.1) is 17.8 Å². The van der Waals surface area contributed by atoms with Gasteiger partial charge in [-0.25, -0.2) is 4.79 Å². The molecule has 1 aliphatic rings. The van der Waals surface area contributed by atoms with E-state index in [9.17, 15) is 4.79 Å². The standard InChI is InChI=1S/C14H24O2/c1-9(2)12-7-6-11(5)8-13(12)16-14(15)10(3)4/h9,11-13H,3,6-8H2,1-2,4-5H3. The van der Waals surface area contributed by atoms with Crippen LogP contribution in [-0.2, 0) is 9.53 Å². The van der Waals surface area contributed by atoms with Crippen LogP contribution in [0.15, 0.2) is 12.2 Å². The van der Waals surface area contributed by atoms with Crippen LogP contribution in [0.1, 0.15) is 47.0 Å². The molecule has 0 N–H and O–H groups in total. The molecule has 1 rings (SSSR count). The Kier molecular flexibility index (Phi) is 4.57. The summed E-state index contributed by atoms with van der Waals surface area (Å²) in [6.07, 6.45) is 3.52. The SMILES string of the molecule is C=C(C)C(=O)OC1CC(C)CCC1C(C)C. The zero-order valence-electron chi connectivity index (χ0n) is 11.0. The van der Waals surface area contributed by atoms with E-state index in [0.717, 1.165) is 6.42 Å². The van der Waals surface area contributed by atoms with Crippen molar-refractivity contribution in [3.05, 3.63) is 12.2 Å². The fourth-order valence-corrected chi connectivity index (χ4v) is 2.49. The highest BCUT2D eigenvalue weighted by atomic mass is 16.5. The molecule has 0 heterocycles. The third-order valence-electron chi connectivity index (χ3n) is 3.57. The van der Waals surface area contributed by atoms with Crippen LogP contribution in [-0.4, -0.2) is 12.1 Å². The van der Waals surface area contributed by atoms with Gasteiger partial charge in [0, 0.05) is 5.57 Å². The first-order valence-electron chi connectivity index (χ1n) is 6.28. The number of hydrogen-bond acceptors (Lipinski definition) is 2. The van der Waals surface area contributed by atoms with Gasteiger partial charge in [-0.2, -0.15) is 0 Å². The van der Waals surface area contributed by atoms with E-state index in [4.69, 9.17) is 4.74 Å². The maximum absolute atomic E-state index is 11.6. The van der Waals surface area contributed by atoms with E-state index in [1.165, 1.54) is 12.8 Å². The fourth-order valence-electron chi connectivity index (χ4n) is 2.49. The summed E-state index contributed by atoms with van der Waals surface area (Å²) in [5.41, 5.74) is 0.501. The summed E-state index contributed by atoms with van der Waals surface area (Å²) in [7, 11) is 0. The number of rotatable bonds is 3. The Labute approximate surface area is 99.1 Å². The zero-order chi connectivity index (χ0) is 12.3. The van der Waals surface area contributed by atoms with Crippen LogP contribution in [0.25, 0.3) is 0 Å². The predicted molar refractivity (Wildman–Crippen MR) is 66.0 cm³/mol. The Morgan fingerprint density at radius 2 is 2.00 bits per heavy atom. The van der Waals surface area contributed by atoms with Gasteiger partial charge in [0.05, 0.1) is 0 Å². The summed E-state index contributed by atoms with van der Waals surface area (Å²) in [5, 5.41) is 0. The van der Waals surface area contributed by atoms with Crippen LogP contribution in [0.2, 0.25) is 0 Å². The highest BCUT2D eigenvalue weighted by molar-refractivity contribution is 5.87. The molecule has 0 aromatic carbocycles. The second kappa shape index (κ2) is 5.51. The van der Waals surface area contributed by atoms with Crippen molar-refractivity contribution in [2.75, 3.05) is 0 Å². The topological polar surface area (TPSA) is 26.3 Å². The number of carbonyl (C=O) groups is 1. The number of esters is 1. The summed E-state index contributed by atoms with van der Waals surface area (Å²) in [5.74, 6) is 1.53. The number of hydrogen-bond donors (Lipinski definition) is 0. The molecule has 3 atom stereocenters. The van der Waals surface area contributed by atoms with Gasteiger partial charge in [0.15, 0.2) is 0 Å². The van der Waals surface area contributed by atoms with Crippen molar-refractivity contribution in [3.63, 3.8) is 0 Å². The minimum Gasteiger partial charge on any atom is -0.459 e. The molecule has 0 radical (unpaired) electrons. The van der Waals surface area contributed by atoms with E-state index >= 15 is 0 Å². The molecule has 0 aliphatic heterocycles. The molecular weight excluding hydrogens is 200 g/mol. The van der Waals surface area contributed by atoms with E-state index in [0.29, 0.717) is 23.3 Å². The lowest BCUT2D eigenvalue weighted by Crippen LogP contribution is -2.35.